The van der Waals surface area contributed by atoms with Gasteiger partial charge in [0.05, 0.1) is 11.1 Å². The number of aliphatic hydroxyl groups is 1. The molecule has 0 saturated carbocycles. The van der Waals surface area contributed by atoms with Gasteiger partial charge in [0.1, 0.15) is 0 Å². The fourth-order valence-corrected chi connectivity index (χ4v) is 0.375. The molecule has 0 heterocycles. The van der Waals surface area contributed by atoms with Crippen LogP contribution in [0.3, 0.4) is 0 Å². The molecule has 2 N–H and O–H groups in total. The standard InChI is InChI=1S/C5H11NOS/c1-4(7)3-6-5(2)8/h4,7H,3H2,1-2H3,(H,6,8). The van der Waals surface area contributed by atoms with Gasteiger partial charge in [-0.2, -0.15) is 0 Å². The third-order valence-electron chi connectivity index (χ3n) is 0.646. The van der Waals surface area contributed by atoms with Gasteiger partial charge < -0.3 is 10.4 Å². The van der Waals surface area contributed by atoms with Crippen molar-refractivity contribution in [3.05, 3.63) is 0 Å². The Morgan fingerprint density at radius 2 is 2.38 bits per heavy atom. The van der Waals surface area contributed by atoms with Crippen LogP contribution >= 0.6 is 12.2 Å². The Hall–Kier alpha value is -0.150. The number of thiocarbonyl (C=S) groups is 1. The van der Waals surface area contributed by atoms with Gasteiger partial charge in [-0.05, 0) is 13.8 Å². The SMILES string of the molecule is CC(=S)NCC(C)O. The highest BCUT2D eigenvalue weighted by molar-refractivity contribution is 7.80. The van der Waals surface area contributed by atoms with Crippen LogP contribution in [0.2, 0.25) is 0 Å². The highest BCUT2D eigenvalue weighted by Crippen LogP contribution is 1.74. The molecule has 0 aliphatic rings. The molecule has 48 valence electrons. The molecule has 0 aliphatic carbocycles. The van der Waals surface area contributed by atoms with Crippen LogP contribution in [0.5, 0.6) is 0 Å². The molecule has 3 heteroatoms. The zero-order chi connectivity index (χ0) is 6.57. The van der Waals surface area contributed by atoms with Gasteiger partial charge in [0, 0.05) is 6.54 Å². The van der Waals surface area contributed by atoms with Crippen LogP contribution in [0.1, 0.15) is 13.8 Å². The van der Waals surface area contributed by atoms with Gasteiger partial charge in [0.25, 0.3) is 0 Å². The monoisotopic (exact) mass is 133 g/mol. The summed E-state index contributed by atoms with van der Waals surface area (Å²) in [5.41, 5.74) is 0. The summed E-state index contributed by atoms with van der Waals surface area (Å²) in [6.45, 7) is 4.05. The first kappa shape index (κ1) is 7.85. The van der Waals surface area contributed by atoms with E-state index in [2.05, 4.69) is 5.32 Å². The number of hydrogen-bond acceptors (Lipinski definition) is 2. The third-order valence-corrected chi connectivity index (χ3v) is 0.791. The number of rotatable bonds is 2. The first-order valence-corrected chi connectivity index (χ1v) is 2.96. The first-order valence-electron chi connectivity index (χ1n) is 2.55. The quantitative estimate of drug-likeness (QED) is 0.531. The molecule has 0 saturated heterocycles. The van der Waals surface area contributed by atoms with Crippen LogP contribution in [-0.4, -0.2) is 22.7 Å². The largest absolute Gasteiger partial charge is 0.392 e. The van der Waals surface area contributed by atoms with Crippen molar-refractivity contribution < 1.29 is 5.11 Å². The number of hydrogen-bond donors (Lipinski definition) is 2. The maximum atomic E-state index is 8.68. The molecule has 1 atom stereocenters. The smallest absolute Gasteiger partial charge is 0.0722 e. The van der Waals surface area contributed by atoms with Crippen LogP contribution in [0.4, 0.5) is 0 Å². The van der Waals surface area contributed by atoms with Gasteiger partial charge in [-0.15, -0.1) is 0 Å². The van der Waals surface area contributed by atoms with E-state index in [-0.39, 0.29) is 6.10 Å². The molecule has 0 aromatic rings. The Morgan fingerprint density at radius 1 is 1.88 bits per heavy atom. The predicted octanol–water partition coefficient (Wildman–Crippen LogP) is 0.304. The molecular formula is C5H11NOS. The van der Waals surface area contributed by atoms with Gasteiger partial charge in [0.2, 0.25) is 0 Å². The Kier molecular flexibility index (Phi) is 3.73. The van der Waals surface area contributed by atoms with Crippen LogP contribution in [0, 0.1) is 0 Å². The summed E-state index contributed by atoms with van der Waals surface area (Å²) in [7, 11) is 0. The Balaban J connectivity index is 3.05. The van der Waals surface area contributed by atoms with Crippen LogP contribution in [0.25, 0.3) is 0 Å². The van der Waals surface area contributed by atoms with E-state index in [9.17, 15) is 0 Å². The number of nitrogens with one attached hydrogen (secondary N) is 1. The molecule has 0 rings (SSSR count). The molecule has 0 radical (unpaired) electrons. The lowest BCUT2D eigenvalue weighted by Gasteiger charge is -2.04. The molecular weight excluding hydrogens is 122 g/mol. The summed E-state index contributed by atoms with van der Waals surface area (Å²) in [5.74, 6) is 0. The van der Waals surface area contributed by atoms with Crippen LogP contribution < -0.4 is 5.32 Å². The molecule has 0 amide bonds. The second-order valence-electron chi connectivity index (χ2n) is 1.79. The summed E-state index contributed by atoms with van der Waals surface area (Å²) in [5, 5.41) is 11.5. The van der Waals surface area contributed by atoms with Gasteiger partial charge >= 0.3 is 0 Å². The molecule has 2 nitrogen and oxygen atoms in total. The van der Waals surface area contributed by atoms with Crippen molar-refractivity contribution in [2.75, 3.05) is 6.54 Å². The van der Waals surface area contributed by atoms with Crippen molar-refractivity contribution in [2.24, 2.45) is 0 Å². The van der Waals surface area contributed by atoms with E-state index >= 15 is 0 Å². The fourth-order valence-electron chi connectivity index (χ4n) is 0.291. The highest BCUT2D eigenvalue weighted by atomic mass is 32.1. The van der Waals surface area contributed by atoms with Crippen molar-refractivity contribution in [1.29, 1.82) is 0 Å². The minimum absolute atomic E-state index is 0.312. The highest BCUT2D eigenvalue weighted by Gasteiger charge is 1.91. The molecule has 0 aliphatic heterocycles. The van der Waals surface area contributed by atoms with Crippen molar-refractivity contribution in [2.45, 2.75) is 20.0 Å². The molecule has 8 heavy (non-hydrogen) atoms. The summed E-state index contributed by atoms with van der Waals surface area (Å²) in [4.78, 5) is 0.728. The topological polar surface area (TPSA) is 32.3 Å². The normalized spacial score (nSPS) is 12.9. The molecule has 0 fully saturated rings. The molecule has 1 unspecified atom stereocenters. The lowest BCUT2D eigenvalue weighted by atomic mass is 10.4. The summed E-state index contributed by atoms with van der Waals surface area (Å²) < 4.78 is 0. The van der Waals surface area contributed by atoms with Crippen molar-refractivity contribution in [3.63, 3.8) is 0 Å². The number of aliphatic hydroxyl groups excluding tert-OH is 1. The lowest BCUT2D eigenvalue weighted by Crippen LogP contribution is -2.27. The van der Waals surface area contributed by atoms with Gasteiger partial charge in [-0.25, -0.2) is 0 Å². The minimum atomic E-state index is -0.312. The van der Waals surface area contributed by atoms with E-state index in [0.29, 0.717) is 6.54 Å². The zero-order valence-electron chi connectivity index (χ0n) is 5.14. The zero-order valence-corrected chi connectivity index (χ0v) is 5.96. The maximum Gasteiger partial charge on any atom is 0.0722 e. The van der Waals surface area contributed by atoms with Crippen molar-refractivity contribution in [1.82, 2.24) is 5.32 Å². The van der Waals surface area contributed by atoms with Crippen molar-refractivity contribution >= 4 is 17.2 Å². The van der Waals surface area contributed by atoms with E-state index in [0.717, 1.165) is 4.99 Å². The van der Waals surface area contributed by atoms with Crippen LogP contribution in [-0.2, 0) is 0 Å². The first-order chi connectivity index (χ1) is 3.63. The predicted molar refractivity (Wildman–Crippen MR) is 38.0 cm³/mol. The van der Waals surface area contributed by atoms with Crippen molar-refractivity contribution in [3.8, 4) is 0 Å². The fraction of sp³-hybridized carbons (Fsp3) is 0.800. The second kappa shape index (κ2) is 3.80. The lowest BCUT2D eigenvalue weighted by molar-refractivity contribution is 0.198. The van der Waals surface area contributed by atoms with E-state index < -0.39 is 0 Å². The Labute approximate surface area is 54.9 Å². The Bertz CT molecular complexity index is 82.5. The average molecular weight is 133 g/mol. The van der Waals surface area contributed by atoms with E-state index in [1.165, 1.54) is 0 Å². The van der Waals surface area contributed by atoms with E-state index in [1.54, 1.807) is 13.8 Å². The maximum absolute atomic E-state index is 8.68. The van der Waals surface area contributed by atoms with Gasteiger partial charge in [-0.1, -0.05) is 12.2 Å². The molecule has 0 bridgehead atoms. The van der Waals surface area contributed by atoms with Crippen LogP contribution in [0.15, 0.2) is 0 Å². The van der Waals surface area contributed by atoms with Gasteiger partial charge in [0.15, 0.2) is 0 Å². The summed E-state index contributed by atoms with van der Waals surface area (Å²) in [6.07, 6.45) is -0.312. The molecule has 0 aromatic carbocycles. The van der Waals surface area contributed by atoms with E-state index in [1.807, 2.05) is 0 Å². The summed E-state index contributed by atoms with van der Waals surface area (Å²) >= 11 is 4.69. The minimum Gasteiger partial charge on any atom is -0.392 e. The van der Waals surface area contributed by atoms with Gasteiger partial charge in [-0.3, -0.25) is 0 Å². The second-order valence-corrected chi connectivity index (χ2v) is 2.40. The summed E-state index contributed by atoms with van der Waals surface area (Å²) in [6, 6.07) is 0. The molecule has 0 spiro atoms. The Morgan fingerprint density at radius 3 is 2.50 bits per heavy atom. The third kappa shape index (κ3) is 5.85. The van der Waals surface area contributed by atoms with E-state index in [4.69, 9.17) is 17.3 Å². The average Bonchev–Trinajstić information content (AvgIpc) is 1.61. The molecule has 0 aromatic heterocycles.